The van der Waals surface area contributed by atoms with Gasteiger partial charge in [0.05, 0.1) is 23.0 Å². The van der Waals surface area contributed by atoms with Crippen LogP contribution in [0.1, 0.15) is 15.9 Å². The van der Waals surface area contributed by atoms with E-state index in [9.17, 15) is 22.8 Å². The van der Waals surface area contributed by atoms with E-state index >= 15 is 0 Å². The number of fused-ring (bicyclic) bond motifs is 2. The van der Waals surface area contributed by atoms with Gasteiger partial charge in [0.25, 0.3) is 5.91 Å². The average Bonchev–Trinajstić information content (AvgIpc) is 3.25. The highest BCUT2D eigenvalue weighted by Gasteiger charge is 2.33. The lowest BCUT2D eigenvalue weighted by atomic mass is 10.1. The first-order chi connectivity index (χ1) is 14.6. The first-order valence-corrected chi connectivity index (χ1v) is 9.54. The van der Waals surface area contributed by atoms with Crippen LogP contribution in [-0.4, -0.2) is 52.8 Å². The maximum Gasteiger partial charge on any atom is 0.405 e. The van der Waals surface area contributed by atoms with Crippen LogP contribution in [0.5, 0.6) is 0 Å². The summed E-state index contributed by atoms with van der Waals surface area (Å²) >= 11 is 0. The van der Waals surface area contributed by atoms with Crippen LogP contribution in [0.15, 0.2) is 42.6 Å². The Morgan fingerprint density at radius 3 is 2.77 bits per heavy atom. The summed E-state index contributed by atoms with van der Waals surface area (Å²) in [5, 5.41) is 6.99. The first kappa shape index (κ1) is 20.7. The number of nitrogens with one attached hydrogen (secondary N) is 1. The summed E-state index contributed by atoms with van der Waals surface area (Å²) in [6.07, 6.45) is -2.74. The number of nitrogens with zero attached hydrogens (tertiary/aromatic N) is 4. The number of aryl methyl sites for hydroxylation is 1. The van der Waals surface area contributed by atoms with Crippen molar-refractivity contribution in [1.29, 1.82) is 0 Å². The minimum atomic E-state index is -4.50. The van der Waals surface area contributed by atoms with E-state index in [4.69, 9.17) is 0 Å². The van der Waals surface area contributed by atoms with Crippen molar-refractivity contribution >= 4 is 34.1 Å². The van der Waals surface area contributed by atoms with Gasteiger partial charge in [-0.1, -0.05) is 12.1 Å². The molecule has 2 amide bonds. The second kappa shape index (κ2) is 7.60. The number of benzene rings is 2. The van der Waals surface area contributed by atoms with Gasteiger partial charge in [-0.2, -0.15) is 18.3 Å². The van der Waals surface area contributed by atoms with E-state index in [2.05, 4.69) is 5.10 Å². The number of alkyl halides is 3. The maximum atomic E-state index is 13.0. The zero-order chi connectivity index (χ0) is 22.3. The van der Waals surface area contributed by atoms with Gasteiger partial charge in [-0.15, -0.1) is 0 Å². The van der Waals surface area contributed by atoms with Crippen molar-refractivity contribution in [3.63, 3.8) is 0 Å². The molecule has 0 aliphatic carbocycles. The van der Waals surface area contributed by atoms with Crippen LogP contribution in [0.25, 0.3) is 10.9 Å². The number of rotatable bonds is 5. The Labute approximate surface area is 176 Å². The number of aromatic nitrogens is 2. The topological polar surface area (TPSA) is 70.5 Å². The molecule has 7 nitrogen and oxygen atoms in total. The molecule has 1 aliphatic heterocycles. The number of anilines is 2. The predicted octanol–water partition coefficient (Wildman–Crippen LogP) is 2.98. The zero-order valence-corrected chi connectivity index (χ0v) is 16.9. The average molecular weight is 431 g/mol. The van der Waals surface area contributed by atoms with Crippen LogP contribution in [0.2, 0.25) is 0 Å². The van der Waals surface area contributed by atoms with Crippen molar-refractivity contribution in [3.8, 4) is 0 Å². The van der Waals surface area contributed by atoms with Crippen molar-refractivity contribution < 1.29 is 22.8 Å². The smallest absolute Gasteiger partial charge is 0.345 e. The van der Waals surface area contributed by atoms with Crippen LogP contribution in [0.3, 0.4) is 0 Å². The lowest BCUT2D eigenvalue weighted by Gasteiger charge is -2.22. The SMILES string of the molecule is CN(c1ccc2c(cnn2C)c1)c1cccc2c1C(=O)N(CC(=O)NCC(F)(F)F)C2. The largest absolute Gasteiger partial charge is 0.405 e. The molecule has 10 heteroatoms. The zero-order valence-electron chi connectivity index (χ0n) is 16.9. The molecule has 162 valence electrons. The van der Waals surface area contributed by atoms with Gasteiger partial charge in [0.1, 0.15) is 13.1 Å². The van der Waals surface area contributed by atoms with E-state index in [1.54, 1.807) is 28.3 Å². The van der Waals surface area contributed by atoms with Gasteiger partial charge >= 0.3 is 6.18 Å². The number of halogens is 3. The predicted molar refractivity (Wildman–Crippen MR) is 109 cm³/mol. The van der Waals surface area contributed by atoms with Gasteiger partial charge in [-0.3, -0.25) is 14.3 Å². The molecule has 0 spiro atoms. The molecule has 3 aromatic rings. The van der Waals surface area contributed by atoms with Gasteiger partial charge in [-0.25, -0.2) is 0 Å². The van der Waals surface area contributed by atoms with Gasteiger partial charge in [0.2, 0.25) is 5.91 Å². The van der Waals surface area contributed by atoms with Gasteiger partial charge in [0.15, 0.2) is 0 Å². The first-order valence-electron chi connectivity index (χ1n) is 9.54. The quantitative estimate of drug-likeness (QED) is 0.675. The van der Waals surface area contributed by atoms with E-state index in [1.807, 2.05) is 43.3 Å². The molecule has 1 N–H and O–H groups in total. The highest BCUT2D eigenvalue weighted by atomic mass is 19.4. The Bertz CT molecular complexity index is 1170. The molecule has 1 aromatic heterocycles. The number of hydrogen-bond donors (Lipinski definition) is 1. The van der Waals surface area contributed by atoms with E-state index in [-0.39, 0.29) is 12.5 Å². The van der Waals surface area contributed by atoms with E-state index in [1.165, 1.54) is 4.90 Å². The molecule has 2 aromatic carbocycles. The summed E-state index contributed by atoms with van der Waals surface area (Å²) in [5.74, 6) is -1.24. The molecule has 4 rings (SSSR count). The summed E-state index contributed by atoms with van der Waals surface area (Å²) in [6.45, 7) is -1.70. The van der Waals surface area contributed by atoms with Crippen molar-refractivity contribution in [2.24, 2.45) is 7.05 Å². The Kier molecular flexibility index (Phi) is 5.08. The highest BCUT2D eigenvalue weighted by Crippen LogP contribution is 2.35. The van der Waals surface area contributed by atoms with Gasteiger partial charge in [0, 0.05) is 31.7 Å². The van der Waals surface area contributed by atoms with E-state index < -0.39 is 25.2 Å². The third-order valence-electron chi connectivity index (χ3n) is 5.29. The highest BCUT2D eigenvalue weighted by molar-refractivity contribution is 6.05. The molecule has 0 saturated carbocycles. The fourth-order valence-electron chi connectivity index (χ4n) is 3.73. The van der Waals surface area contributed by atoms with Crippen LogP contribution in [0.4, 0.5) is 24.5 Å². The fourth-order valence-corrected chi connectivity index (χ4v) is 3.73. The molecular weight excluding hydrogens is 411 g/mol. The summed E-state index contributed by atoms with van der Waals surface area (Å²) in [7, 11) is 3.69. The summed E-state index contributed by atoms with van der Waals surface area (Å²) in [5.41, 5.74) is 3.65. The molecule has 0 fully saturated rings. The molecule has 31 heavy (non-hydrogen) atoms. The standard InChI is InChI=1S/C21H20F3N5O2/c1-27(15-6-7-16-14(8-15)9-26-28(16)2)17-5-3-4-13-10-29(20(31)19(13)17)11-18(30)25-12-21(22,23)24/h3-9H,10-12H2,1-2H3,(H,25,30). The molecule has 0 saturated heterocycles. The molecule has 1 aliphatic rings. The normalized spacial score (nSPS) is 13.6. The van der Waals surface area contributed by atoms with Crippen LogP contribution >= 0.6 is 0 Å². The second-order valence-electron chi connectivity index (χ2n) is 7.43. The van der Waals surface area contributed by atoms with Gasteiger partial charge in [-0.05, 0) is 29.8 Å². The van der Waals surface area contributed by atoms with Crippen LogP contribution in [0, 0.1) is 0 Å². The summed E-state index contributed by atoms with van der Waals surface area (Å²) in [4.78, 5) is 28.0. The molecule has 0 radical (unpaired) electrons. The number of carbonyl (C=O) groups excluding carboxylic acids is 2. The summed E-state index contributed by atoms with van der Waals surface area (Å²) < 4.78 is 38.7. The van der Waals surface area contributed by atoms with Gasteiger partial charge < -0.3 is 15.1 Å². The van der Waals surface area contributed by atoms with Crippen molar-refractivity contribution in [2.75, 3.05) is 25.0 Å². The monoisotopic (exact) mass is 431 g/mol. The molecule has 0 atom stereocenters. The molecule has 0 bridgehead atoms. The molecular formula is C21H20F3N5O2. The molecule has 0 unspecified atom stereocenters. The Hall–Kier alpha value is -3.56. The van der Waals surface area contributed by atoms with E-state index in [0.717, 1.165) is 22.2 Å². The Balaban J connectivity index is 1.56. The summed E-state index contributed by atoms with van der Waals surface area (Å²) in [6, 6.07) is 11.2. The Morgan fingerprint density at radius 2 is 2.03 bits per heavy atom. The van der Waals surface area contributed by atoms with Crippen LogP contribution in [-0.2, 0) is 18.4 Å². The van der Waals surface area contributed by atoms with Crippen molar-refractivity contribution in [3.05, 3.63) is 53.7 Å². The lowest BCUT2D eigenvalue weighted by Crippen LogP contribution is -2.41. The number of amides is 2. The minimum absolute atomic E-state index is 0.164. The number of hydrogen-bond acceptors (Lipinski definition) is 4. The second-order valence-corrected chi connectivity index (χ2v) is 7.43. The van der Waals surface area contributed by atoms with Crippen molar-refractivity contribution in [2.45, 2.75) is 12.7 Å². The third kappa shape index (κ3) is 4.05. The third-order valence-corrected chi connectivity index (χ3v) is 5.29. The lowest BCUT2D eigenvalue weighted by molar-refractivity contribution is -0.138. The van der Waals surface area contributed by atoms with Crippen LogP contribution < -0.4 is 10.2 Å². The molecule has 2 heterocycles. The minimum Gasteiger partial charge on any atom is -0.345 e. The maximum absolute atomic E-state index is 13.0. The van der Waals surface area contributed by atoms with Crippen molar-refractivity contribution in [1.82, 2.24) is 20.0 Å². The number of carbonyl (C=O) groups is 2. The van der Waals surface area contributed by atoms with E-state index in [0.29, 0.717) is 11.3 Å². The fraction of sp³-hybridized carbons (Fsp3) is 0.286. The Morgan fingerprint density at radius 1 is 1.26 bits per heavy atom.